The predicted octanol–water partition coefficient (Wildman–Crippen LogP) is 1.36. The van der Waals surface area contributed by atoms with Crippen LogP contribution in [0.25, 0.3) is 0 Å². The van der Waals surface area contributed by atoms with Gasteiger partial charge in [0.1, 0.15) is 12.0 Å². The fourth-order valence-corrected chi connectivity index (χ4v) is 3.12. The number of carbonyl (C=O) groups is 3. The number of thiol groups is 1. The first-order valence-electron chi connectivity index (χ1n) is 9.60. The number of ether oxygens (including phenoxy) is 1. The summed E-state index contributed by atoms with van der Waals surface area (Å²) in [6.07, 6.45) is 0.356. The largest absolute Gasteiger partial charge is 0.497 e. The van der Waals surface area contributed by atoms with Gasteiger partial charge in [0.15, 0.2) is 5.11 Å². The molecule has 0 heterocycles. The van der Waals surface area contributed by atoms with Gasteiger partial charge in [0.2, 0.25) is 5.91 Å². The number of rotatable bonds is 9. The molecule has 0 aliphatic rings. The maximum Gasteiger partial charge on any atom is 0.252 e. The summed E-state index contributed by atoms with van der Waals surface area (Å²) in [5.74, 6) is -1.18. The molecule has 0 spiro atoms. The Kier molecular flexibility index (Phi) is 9.92. The van der Waals surface area contributed by atoms with Gasteiger partial charge in [-0.1, -0.05) is 18.2 Å². The molecule has 2 aromatic rings. The molecule has 170 valence electrons. The summed E-state index contributed by atoms with van der Waals surface area (Å²) < 4.78 is 5.05. The van der Waals surface area contributed by atoms with Gasteiger partial charge in [-0.3, -0.25) is 20.4 Å². The Bertz CT molecular complexity index is 955. The number of nitrogens with two attached hydrogens (primary N) is 1. The average molecular weight is 476 g/mol. The molecule has 11 heteroatoms. The van der Waals surface area contributed by atoms with E-state index in [1.54, 1.807) is 30.3 Å². The highest BCUT2D eigenvalue weighted by Crippen LogP contribution is 2.15. The SMILES string of the molecule is COc1ccc(C(=O)NC(S)C(C=O)CC(=O)NNC(=S)Nc2ccccc2CN)cc1. The van der Waals surface area contributed by atoms with Gasteiger partial charge in [0.05, 0.1) is 18.4 Å². The molecule has 0 fully saturated rings. The number of methoxy groups -OCH3 is 1. The highest BCUT2D eigenvalue weighted by atomic mass is 32.1. The third-order valence-corrected chi connectivity index (χ3v) is 5.15. The fourth-order valence-electron chi connectivity index (χ4n) is 2.67. The first-order chi connectivity index (χ1) is 15.4. The van der Waals surface area contributed by atoms with E-state index >= 15 is 0 Å². The van der Waals surface area contributed by atoms with Crippen LogP contribution in [0.2, 0.25) is 0 Å². The zero-order valence-electron chi connectivity index (χ0n) is 17.3. The van der Waals surface area contributed by atoms with Crippen LogP contribution >= 0.6 is 24.8 Å². The summed E-state index contributed by atoms with van der Waals surface area (Å²) in [4.78, 5) is 36.0. The number of hydrogen-bond acceptors (Lipinski definition) is 7. The van der Waals surface area contributed by atoms with Crippen LogP contribution in [0.1, 0.15) is 22.3 Å². The first-order valence-corrected chi connectivity index (χ1v) is 10.5. The van der Waals surface area contributed by atoms with Crippen LogP contribution in [-0.4, -0.2) is 35.7 Å². The van der Waals surface area contributed by atoms with Gasteiger partial charge < -0.3 is 25.9 Å². The summed E-state index contributed by atoms with van der Waals surface area (Å²) in [6, 6.07) is 13.8. The van der Waals surface area contributed by atoms with Crippen LogP contribution in [0.15, 0.2) is 48.5 Å². The molecule has 0 aromatic heterocycles. The Hall–Kier alpha value is -3.15. The summed E-state index contributed by atoms with van der Waals surface area (Å²) in [7, 11) is 1.52. The summed E-state index contributed by atoms with van der Waals surface area (Å²) in [5.41, 5.74) is 12.6. The highest BCUT2D eigenvalue weighted by molar-refractivity contribution is 7.81. The molecule has 2 aromatic carbocycles. The van der Waals surface area contributed by atoms with Gasteiger partial charge in [-0.2, -0.15) is 12.6 Å². The molecule has 2 unspecified atom stereocenters. The second-order valence-electron chi connectivity index (χ2n) is 6.64. The Morgan fingerprint density at radius 1 is 1.16 bits per heavy atom. The van der Waals surface area contributed by atoms with Crippen molar-refractivity contribution in [3.8, 4) is 5.75 Å². The third kappa shape index (κ3) is 7.52. The average Bonchev–Trinajstić information content (AvgIpc) is 2.81. The van der Waals surface area contributed by atoms with Crippen LogP contribution in [-0.2, 0) is 16.1 Å². The molecule has 0 aliphatic carbocycles. The van der Waals surface area contributed by atoms with Crippen molar-refractivity contribution in [2.24, 2.45) is 11.7 Å². The van der Waals surface area contributed by atoms with E-state index in [0.29, 0.717) is 29.8 Å². The van der Waals surface area contributed by atoms with Gasteiger partial charge in [-0.25, -0.2) is 0 Å². The van der Waals surface area contributed by atoms with Crippen LogP contribution < -0.4 is 32.0 Å². The maximum atomic E-state index is 12.3. The third-order valence-electron chi connectivity index (χ3n) is 4.43. The monoisotopic (exact) mass is 475 g/mol. The predicted molar refractivity (Wildman–Crippen MR) is 129 cm³/mol. The van der Waals surface area contributed by atoms with E-state index in [9.17, 15) is 14.4 Å². The molecular formula is C21H25N5O4S2. The van der Waals surface area contributed by atoms with Gasteiger partial charge in [0.25, 0.3) is 5.91 Å². The van der Waals surface area contributed by atoms with Crippen molar-refractivity contribution in [2.75, 3.05) is 12.4 Å². The summed E-state index contributed by atoms with van der Waals surface area (Å²) in [5, 5.41) is 4.82. The smallest absolute Gasteiger partial charge is 0.252 e. The van der Waals surface area contributed by atoms with Crippen LogP contribution in [0, 0.1) is 5.92 Å². The number of amides is 2. The van der Waals surface area contributed by atoms with Crippen LogP contribution in [0.3, 0.4) is 0 Å². The van der Waals surface area contributed by atoms with E-state index in [1.807, 2.05) is 18.2 Å². The topological polar surface area (TPSA) is 135 Å². The maximum absolute atomic E-state index is 12.3. The lowest BCUT2D eigenvalue weighted by atomic mass is 10.1. The standard InChI is InChI=1S/C21H25N5O4S2/c1-30-16-8-6-13(7-9-16)19(29)24-20(31)15(12-27)10-18(28)25-26-21(32)23-17-5-3-2-4-14(17)11-22/h2-9,12,15,20,31H,10-11,22H2,1H3,(H,24,29)(H,25,28)(H2,23,26,32). The van der Waals surface area contributed by atoms with Crippen molar-refractivity contribution in [2.45, 2.75) is 18.3 Å². The Balaban J connectivity index is 1.83. The van der Waals surface area contributed by atoms with Crippen molar-refractivity contribution in [1.29, 1.82) is 0 Å². The number of anilines is 1. The van der Waals surface area contributed by atoms with E-state index in [2.05, 4.69) is 34.1 Å². The Morgan fingerprint density at radius 2 is 1.84 bits per heavy atom. The number of carbonyl (C=O) groups excluding carboxylic acids is 3. The number of thiocarbonyl (C=S) groups is 1. The van der Waals surface area contributed by atoms with Crippen LogP contribution in [0.4, 0.5) is 5.69 Å². The molecule has 0 saturated heterocycles. The van der Waals surface area contributed by atoms with Crippen molar-refractivity contribution >= 4 is 53.7 Å². The molecule has 6 N–H and O–H groups in total. The number of nitrogens with one attached hydrogen (secondary N) is 4. The van der Waals surface area contributed by atoms with Crippen molar-refractivity contribution in [3.63, 3.8) is 0 Å². The normalized spacial score (nSPS) is 12.1. The van der Waals surface area contributed by atoms with E-state index < -0.39 is 23.1 Å². The zero-order chi connectivity index (χ0) is 23.5. The lowest BCUT2D eigenvalue weighted by Gasteiger charge is -2.20. The lowest BCUT2D eigenvalue weighted by molar-refractivity contribution is -0.125. The first kappa shape index (κ1) is 25.1. The molecular weight excluding hydrogens is 450 g/mol. The molecule has 9 nitrogen and oxygen atoms in total. The van der Waals surface area contributed by atoms with Gasteiger partial charge in [-0.05, 0) is 48.1 Å². The number of hydrogen-bond donors (Lipinski definition) is 6. The molecule has 32 heavy (non-hydrogen) atoms. The van der Waals surface area contributed by atoms with Gasteiger partial charge in [0, 0.05) is 24.2 Å². The number of benzene rings is 2. The van der Waals surface area contributed by atoms with E-state index in [4.69, 9.17) is 22.7 Å². The minimum Gasteiger partial charge on any atom is -0.497 e. The van der Waals surface area contributed by atoms with Crippen molar-refractivity contribution < 1.29 is 19.1 Å². The zero-order valence-corrected chi connectivity index (χ0v) is 19.0. The summed E-state index contributed by atoms with van der Waals surface area (Å²) in [6.45, 7) is 0.324. The molecule has 0 bridgehead atoms. The quantitative estimate of drug-likeness (QED) is 0.105. The van der Waals surface area contributed by atoms with Crippen molar-refractivity contribution in [1.82, 2.24) is 16.2 Å². The number of para-hydroxylation sites is 1. The molecule has 0 aliphatic heterocycles. The van der Waals surface area contributed by atoms with E-state index in [1.165, 1.54) is 7.11 Å². The van der Waals surface area contributed by atoms with E-state index in [0.717, 1.165) is 5.56 Å². The number of hydrazine groups is 1. The number of aldehydes is 1. The Morgan fingerprint density at radius 3 is 2.47 bits per heavy atom. The molecule has 0 saturated carbocycles. The van der Waals surface area contributed by atoms with Gasteiger partial charge >= 0.3 is 0 Å². The van der Waals surface area contributed by atoms with Crippen molar-refractivity contribution in [3.05, 3.63) is 59.7 Å². The minimum atomic E-state index is -0.866. The second kappa shape index (κ2) is 12.6. The second-order valence-corrected chi connectivity index (χ2v) is 7.60. The molecule has 2 atom stereocenters. The van der Waals surface area contributed by atoms with E-state index in [-0.39, 0.29) is 11.5 Å². The Labute approximate surface area is 196 Å². The van der Waals surface area contributed by atoms with Gasteiger partial charge in [-0.15, -0.1) is 0 Å². The van der Waals surface area contributed by atoms with Crippen LogP contribution in [0.5, 0.6) is 5.75 Å². The molecule has 2 amide bonds. The molecule has 0 radical (unpaired) electrons. The highest BCUT2D eigenvalue weighted by Gasteiger charge is 2.23. The lowest BCUT2D eigenvalue weighted by Crippen LogP contribution is -2.46. The minimum absolute atomic E-state index is 0.150. The molecule has 2 rings (SSSR count). The summed E-state index contributed by atoms with van der Waals surface area (Å²) >= 11 is 9.42. The fraction of sp³-hybridized carbons (Fsp3) is 0.238.